The molecule has 0 bridgehead atoms. The molecule has 2 aromatic rings. The summed E-state index contributed by atoms with van der Waals surface area (Å²) < 4.78 is 3.82. The van der Waals surface area contributed by atoms with E-state index in [1.165, 1.54) is 18.2 Å². The van der Waals surface area contributed by atoms with Crippen LogP contribution in [0.3, 0.4) is 0 Å². The van der Waals surface area contributed by atoms with Crippen molar-refractivity contribution in [2.45, 2.75) is 0 Å². The molecule has 1 aromatic carbocycles. The van der Waals surface area contributed by atoms with Gasteiger partial charge in [-0.1, -0.05) is 0 Å². The van der Waals surface area contributed by atoms with E-state index in [1.807, 2.05) is 4.94 Å². The fraction of sp³-hybridized carbons (Fsp3) is 0. The van der Waals surface area contributed by atoms with Crippen molar-refractivity contribution in [3.8, 4) is 11.3 Å². The molecule has 0 N–H and O–H groups in total. The Hall–Kier alpha value is -1.23. The van der Waals surface area contributed by atoms with Crippen LogP contribution in [0.5, 0.6) is 0 Å². The first-order valence-electron chi connectivity index (χ1n) is 3.90. The molecule has 0 radical (unpaired) electrons. The normalized spacial score (nSPS) is 10.2. The third-order valence-corrected chi connectivity index (χ3v) is 3.19. The van der Waals surface area contributed by atoms with E-state index in [9.17, 15) is 10.1 Å². The summed E-state index contributed by atoms with van der Waals surface area (Å²) in [5, 5.41) is 14.9. The molecule has 1 heterocycles. The zero-order valence-electron chi connectivity index (χ0n) is 7.25. The number of hydrogen-bond acceptors (Lipinski definition) is 4. The van der Waals surface area contributed by atoms with Crippen molar-refractivity contribution in [1.82, 2.24) is 9.19 Å². The summed E-state index contributed by atoms with van der Waals surface area (Å²) in [4.78, 5) is 11.9. The summed E-state index contributed by atoms with van der Waals surface area (Å²) in [6.45, 7) is 0. The van der Waals surface area contributed by atoms with Crippen molar-refractivity contribution in [3.63, 3.8) is 0 Å². The summed E-state index contributed by atoms with van der Waals surface area (Å²) in [5.74, 6) is 0. The van der Waals surface area contributed by atoms with Crippen LogP contribution in [0.25, 0.3) is 11.3 Å². The van der Waals surface area contributed by atoms with Crippen LogP contribution >= 0.6 is 11.6 Å². The molecule has 15 heavy (non-hydrogen) atoms. The average molecular weight is 289 g/mol. The molecule has 0 aliphatic heterocycles. The number of aromatic nitrogens is 2. The first-order valence-corrected chi connectivity index (χ1v) is 6.03. The molecule has 0 amide bonds. The monoisotopic (exact) mass is 289 g/mol. The van der Waals surface area contributed by atoms with E-state index in [1.54, 1.807) is 0 Å². The second-order valence-electron chi connectivity index (χ2n) is 2.71. The van der Waals surface area contributed by atoms with E-state index in [0.717, 1.165) is 0 Å². The number of nitrogens with zero attached hydrogens (tertiary/aromatic N) is 3. The van der Waals surface area contributed by atoms with Crippen LogP contribution in [0.1, 0.15) is 0 Å². The summed E-state index contributed by atoms with van der Waals surface area (Å²) >= 11 is 5.91. The number of halogens is 1. The molecule has 0 aliphatic rings. The van der Waals surface area contributed by atoms with Crippen molar-refractivity contribution >= 4 is 32.0 Å². The molecule has 76 valence electrons. The van der Waals surface area contributed by atoms with Gasteiger partial charge in [0, 0.05) is 0 Å². The van der Waals surface area contributed by atoms with Crippen LogP contribution in [-0.2, 0) is 0 Å². The average Bonchev–Trinajstić information content (AvgIpc) is 2.71. The van der Waals surface area contributed by atoms with Gasteiger partial charge in [0.15, 0.2) is 0 Å². The predicted molar refractivity (Wildman–Crippen MR) is 56.1 cm³/mol. The van der Waals surface area contributed by atoms with E-state index < -0.39 is 4.92 Å². The van der Waals surface area contributed by atoms with E-state index in [-0.39, 0.29) is 20.4 Å². The SMILES string of the molecule is O=[N+]([O-])c1ccc(Cl)c(-c2c[se]nn2)c1. The Balaban J connectivity index is 2.55. The second-order valence-corrected chi connectivity index (χ2v) is 4.40. The molecular weight excluding hydrogens is 285 g/mol. The van der Waals surface area contributed by atoms with Crippen LogP contribution in [0.2, 0.25) is 5.02 Å². The number of rotatable bonds is 2. The Kier molecular flexibility index (Phi) is 2.81. The second kappa shape index (κ2) is 4.10. The minimum absolute atomic E-state index is 0.00454. The Bertz CT molecular complexity index is 501. The molecule has 0 saturated carbocycles. The molecule has 0 saturated heterocycles. The third kappa shape index (κ3) is 2.07. The van der Waals surface area contributed by atoms with Gasteiger partial charge in [0.2, 0.25) is 0 Å². The van der Waals surface area contributed by atoms with Crippen LogP contribution in [0, 0.1) is 10.1 Å². The number of non-ortho nitro benzene ring substituents is 1. The van der Waals surface area contributed by atoms with Gasteiger partial charge in [-0.25, -0.2) is 0 Å². The number of nitro benzene ring substituents is 1. The number of nitro groups is 1. The summed E-state index contributed by atoms with van der Waals surface area (Å²) in [6, 6.07) is 4.27. The Morgan fingerprint density at radius 2 is 2.27 bits per heavy atom. The van der Waals surface area contributed by atoms with E-state index in [4.69, 9.17) is 11.6 Å². The predicted octanol–water partition coefficient (Wildman–Crippen LogP) is 1.76. The summed E-state index contributed by atoms with van der Waals surface area (Å²) in [5.41, 5.74) is 1.18. The van der Waals surface area contributed by atoms with Crippen LogP contribution in [0.4, 0.5) is 5.69 Å². The summed E-state index contributed by atoms with van der Waals surface area (Å²) in [7, 11) is 0. The molecule has 5 nitrogen and oxygen atoms in total. The first kappa shape index (κ1) is 10.3. The molecule has 0 fully saturated rings. The van der Waals surface area contributed by atoms with Crippen molar-refractivity contribution in [3.05, 3.63) is 38.3 Å². The maximum absolute atomic E-state index is 10.6. The molecule has 1 aromatic heterocycles. The molecule has 0 spiro atoms. The van der Waals surface area contributed by atoms with E-state index >= 15 is 0 Å². The zero-order valence-corrected chi connectivity index (χ0v) is 9.72. The maximum atomic E-state index is 10.6. The van der Waals surface area contributed by atoms with Gasteiger partial charge < -0.3 is 0 Å². The standard InChI is InChI=1S/C8H4ClN3O2Se/c9-7-2-1-5(12(13)14)3-6(7)8-4-15-11-10-8/h1-4H. The van der Waals surface area contributed by atoms with Crippen molar-refractivity contribution in [2.75, 3.05) is 0 Å². The number of benzene rings is 1. The molecule has 2 rings (SSSR count). The van der Waals surface area contributed by atoms with Crippen molar-refractivity contribution in [2.24, 2.45) is 0 Å². The van der Waals surface area contributed by atoms with Gasteiger partial charge in [-0.05, 0) is 0 Å². The topological polar surface area (TPSA) is 68.9 Å². The fourth-order valence-corrected chi connectivity index (χ4v) is 2.28. The van der Waals surface area contributed by atoms with Gasteiger partial charge in [0.1, 0.15) is 0 Å². The quantitative estimate of drug-likeness (QED) is 0.480. The van der Waals surface area contributed by atoms with Gasteiger partial charge >= 0.3 is 95.7 Å². The summed E-state index contributed by atoms with van der Waals surface area (Å²) in [6.07, 6.45) is 0. The van der Waals surface area contributed by atoms with Gasteiger partial charge in [0.25, 0.3) is 0 Å². The van der Waals surface area contributed by atoms with Crippen molar-refractivity contribution < 1.29 is 4.92 Å². The van der Waals surface area contributed by atoms with E-state index in [2.05, 4.69) is 9.19 Å². The van der Waals surface area contributed by atoms with Gasteiger partial charge in [0.05, 0.1) is 0 Å². The Labute approximate surface area is 95.8 Å². The number of hydrogen-bond donors (Lipinski definition) is 0. The van der Waals surface area contributed by atoms with Crippen LogP contribution in [-0.4, -0.2) is 28.8 Å². The Morgan fingerprint density at radius 1 is 1.47 bits per heavy atom. The molecule has 7 heteroatoms. The first-order chi connectivity index (χ1) is 7.18. The molecular formula is C8H4ClN3O2Se. The third-order valence-electron chi connectivity index (χ3n) is 1.80. The van der Waals surface area contributed by atoms with Gasteiger partial charge in [-0.2, -0.15) is 0 Å². The fourth-order valence-electron chi connectivity index (χ4n) is 1.11. The zero-order chi connectivity index (χ0) is 10.8. The molecule has 0 atom stereocenters. The van der Waals surface area contributed by atoms with E-state index in [0.29, 0.717) is 16.3 Å². The Morgan fingerprint density at radius 3 is 2.87 bits per heavy atom. The molecule has 0 aliphatic carbocycles. The minimum atomic E-state index is -0.461. The van der Waals surface area contributed by atoms with Crippen LogP contribution < -0.4 is 0 Å². The van der Waals surface area contributed by atoms with Crippen molar-refractivity contribution in [1.29, 1.82) is 0 Å². The van der Waals surface area contributed by atoms with Gasteiger partial charge in [-0.3, -0.25) is 0 Å². The van der Waals surface area contributed by atoms with Gasteiger partial charge in [-0.15, -0.1) is 0 Å². The molecule has 0 unspecified atom stereocenters. The van der Waals surface area contributed by atoms with Crippen LogP contribution in [0.15, 0.2) is 23.1 Å².